The normalized spacial score (nSPS) is 12.2. The van der Waals surface area contributed by atoms with Gasteiger partial charge in [0.2, 0.25) is 0 Å². The molecule has 0 spiro atoms. The summed E-state index contributed by atoms with van der Waals surface area (Å²) >= 11 is 0. The number of anilines is 2. The minimum absolute atomic E-state index is 0.104. The van der Waals surface area contributed by atoms with Gasteiger partial charge in [0.15, 0.2) is 0 Å². The third-order valence-corrected chi connectivity index (χ3v) is 7.09. The Bertz CT molecular complexity index is 1560. The van der Waals surface area contributed by atoms with Gasteiger partial charge in [0, 0.05) is 41.3 Å². The highest BCUT2D eigenvalue weighted by Crippen LogP contribution is 2.45. The lowest BCUT2D eigenvalue weighted by molar-refractivity contribution is 0.592. The average molecular weight is 467 g/mol. The molecular formula is C34H30N2. The summed E-state index contributed by atoms with van der Waals surface area (Å²) in [6.07, 6.45) is 4.83. The van der Waals surface area contributed by atoms with Crippen LogP contribution in [0.2, 0.25) is 0 Å². The van der Waals surface area contributed by atoms with Crippen LogP contribution in [-0.2, 0) is 11.8 Å². The molecule has 1 aromatic heterocycles. The zero-order chi connectivity index (χ0) is 24.7. The van der Waals surface area contributed by atoms with Crippen LogP contribution >= 0.6 is 0 Å². The molecule has 6 rings (SSSR count). The molecule has 1 aliphatic carbocycles. The topological polar surface area (TPSA) is 24.9 Å². The Kier molecular flexibility index (Phi) is 5.45. The van der Waals surface area contributed by atoms with Crippen molar-refractivity contribution < 1.29 is 0 Å². The first-order valence-corrected chi connectivity index (χ1v) is 12.6. The van der Waals surface area contributed by atoms with Gasteiger partial charge in [-0.25, -0.2) is 0 Å². The maximum atomic E-state index is 4.53. The number of hydrogen-bond donors (Lipinski definition) is 1. The van der Waals surface area contributed by atoms with E-state index in [1.54, 1.807) is 0 Å². The first kappa shape index (κ1) is 22.3. The van der Waals surface area contributed by atoms with Crippen LogP contribution in [0.5, 0.6) is 0 Å². The van der Waals surface area contributed by atoms with Gasteiger partial charge in [-0.3, -0.25) is 4.98 Å². The van der Waals surface area contributed by atoms with Gasteiger partial charge in [0.05, 0.1) is 0 Å². The molecule has 0 unspecified atom stereocenters. The molecule has 0 amide bonds. The van der Waals surface area contributed by atoms with Gasteiger partial charge in [-0.05, 0) is 68.6 Å². The van der Waals surface area contributed by atoms with E-state index < -0.39 is 0 Å². The summed E-state index contributed by atoms with van der Waals surface area (Å²) in [6, 6.07) is 34.7. The van der Waals surface area contributed by atoms with Crippen molar-refractivity contribution in [2.45, 2.75) is 32.6 Å². The minimum atomic E-state index is 0.104. The predicted molar refractivity (Wildman–Crippen MR) is 152 cm³/mol. The lowest BCUT2D eigenvalue weighted by atomic mass is 9.81. The molecule has 1 heterocycles. The zero-order valence-corrected chi connectivity index (χ0v) is 21.0. The van der Waals surface area contributed by atoms with Gasteiger partial charge in [-0.2, -0.15) is 0 Å². The van der Waals surface area contributed by atoms with Gasteiger partial charge in [-0.15, -0.1) is 0 Å². The van der Waals surface area contributed by atoms with E-state index in [1.165, 1.54) is 39.1 Å². The quantitative estimate of drug-likeness (QED) is 0.280. The van der Waals surface area contributed by atoms with Crippen LogP contribution in [0.1, 0.15) is 37.5 Å². The fourth-order valence-corrected chi connectivity index (χ4v) is 5.33. The molecule has 4 aromatic carbocycles. The van der Waals surface area contributed by atoms with Crippen LogP contribution in [0.4, 0.5) is 11.4 Å². The van der Waals surface area contributed by atoms with E-state index in [2.05, 4.69) is 122 Å². The van der Waals surface area contributed by atoms with Gasteiger partial charge >= 0.3 is 0 Å². The third-order valence-electron chi connectivity index (χ3n) is 7.09. The van der Waals surface area contributed by atoms with Crippen LogP contribution in [-0.4, -0.2) is 4.98 Å². The molecule has 0 fully saturated rings. The van der Waals surface area contributed by atoms with Gasteiger partial charge < -0.3 is 5.32 Å². The summed E-state index contributed by atoms with van der Waals surface area (Å²) in [6.45, 7) is 6.90. The van der Waals surface area contributed by atoms with Crippen molar-refractivity contribution in [3.8, 4) is 33.4 Å². The standard InChI is InChI=1S/C34H30N2/c1-34(2,3)31-16-8-13-25-20-30-29(33(25)31)15-9-17-32(30)36-28-14-7-12-24(19-28)27-18-26(21-35-22-27)23-10-5-4-6-11-23/h4-19,21-22,36H,20H2,1-3H3. The van der Waals surface area contributed by atoms with E-state index in [9.17, 15) is 0 Å². The number of rotatable bonds is 4. The van der Waals surface area contributed by atoms with Crippen molar-refractivity contribution in [3.63, 3.8) is 0 Å². The highest BCUT2D eigenvalue weighted by atomic mass is 14.9. The number of nitrogens with zero attached hydrogens (tertiary/aromatic N) is 1. The minimum Gasteiger partial charge on any atom is -0.355 e. The lowest BCUT2D eigenvalue weighted by Crippen LogP contribution is -2.12. The van der Waals surface area contributed by atoms with Gasteiger partial charge in [-0.1, -0.05) is 93.6 Å². The molecule has 176 valence electrons. The second-order valence-electron chi connectivity index (χ2n) is 10.6. The van der Waals surface area contributed by atoms with Crippen LogP contribution in [0.3, 0.4) is 0 Å². The van der Waals surface area contributed by atoms with Crippen LogP contribution in [0.25, 0.3) is 33.4 Å². The Morgan fingerprint density at radius 1 is 0.667 bits per heavy atom. The van der Waals surface area contributed by atoms with E-state index in [0.717, 1.165) is 28.8 Å². The Balaban J connectivity index is 1.34. The maximum absolute atomic E-state index is 4.53. The highest BCUT2D eigenvalue weighted by Gasteiger charge is 2.27. The van der Waals surface area contributed by atoms with Crippen molar-refractivity contribution in [1.29, 1.82) is 0 Å². The molecule has 0 aliphatic heterocycles. The number of nitrogens with one attached hydrogen (secondary N) is 1. The Hall–Kier alpha value is -4.17. The predicted octanol–water partition coefficient (Wildman–Crippen LogP) is 9.03. The molecule has 0 bridgehead atoms. The number of pyridine rings is 1. The van der Waals surface area contributed by atoms with Crippen molar-refractivity contribution >= 4 is 11.4 Å². The Morgan fingerprint density at radius 3 is 2.19 bits per heavy atom. The number of fused-ring (bicyclic) bond motifs is 3. The number of hydrogen-bond acceptors (Lipinski definition) is 2. The summed E-state index contributed by atoms with van der Waals surface area (Å²) in [7, 11) is 0. The molecular weight excluding hydrogens is 436 g/mol. The smallest absolute Gasteiger partial charge is 0.0426 e. The highest BCUT2D eigenvalue weighted by molar-refractivity contribution is 5.86. The maximum Gasteiger partial charge on any atom is 0.0426 e. The molecule has 1 N–H and O–H groups in total. The largest absolute Gasteiger partial charge is 0.355 e. The van der Waals surface area contributed by atoms with Crippen molar-refractivity contribution in [2.75, 3.05) is 5.32 Å². The molecule has 2 nitrogen and oxygen atoms in total. The summed E-state index contributed by atoms with van der Waals surface area (Å²) in [5.41, 5.74) is 13.9. The average Bonchev–Trinajstić information content (AvgIpc) is 3.29. The molecule has 0 saturated carbocycles. The lowest BCUT2D eigenvalue weighted by Gasteiger charge is -2.23. The fourth-order valence-electron chi connectivity index (χ4n) is 5.33. The van der Waals surface area contributed by atoms with E-state index in [1.807, 2.05) is 18.5 Å². The molecule has 0 atom stereocenters. The van der Waals surface area contributed by atoms with Gasteiger partial charge in [0.1, 0.15) is 0 Å². The first-order valence-electron chi connectivity index (χ1n) is 12.6. The van der Waals surface area contributed by atoms with Crippen LogP contribution in [0.15, 0.2) is 109 Å². The van der Waals surface area contributed by atoms with Crippen molar-refractivity contribution in [2.24, 2.45) is 0 Å². The number of aromatic nitrogens is 1. The summed E-state index contributed by atoms with van der Waals surface area (Å²) in [5, 5.41) is 3.73. The Labute approximate surface area is 213 Å². The molecule has 2 heteroatoms. The second kappa shape index (κ2) is 8.80. The first-order chi connectivity index (χ1) is 17.5. The monoisotopic (exact) mass is 466 g/mol. The SMILES string of the molecule is CC(C)(C)c1cccc2c1-c1cccc(Nc3cccc(-c4cncc(-c5ccccc5)c4)c3)c1C2. The van der Waals surface area contributed by atoms with Crippen LogP contribution in [0, 0.1) is 0 Å². The third kappa shape index (κ3) is 4.09. The Morgan fingerprint density at radius 2 is 1.39 bits per heavy atom. The van der Waals surface area contributed by atoms with E-state index >= 15 is 0 Å². The molecule has 0 radical (unpaired) electrons. The zero-order valence-electron chi connectivity index (χ0n) is 21.0. The van der Waals surface area contributed by atoms with Gasteiger partial charge in [0.25, 0.3) is 0 Å². The molecule has 1 aliphatic rings. The fraction of sp³-hybridized carbons (Fsp3) is 0.147. The molecule has 5 aromatic rings. The molecule has 36 heavy (non-hydrogen) atoms. The summed E-state index contributed by atoms with van der Waals surface area (Å²) < 4.78 is 0. The summed E-state index contributed by atoms with van der Waals surface area (Å²) in [5.74, 6) is 0. The summed E-state index contributed by atoms with van der Waals surface area (Å²) in [4.78, 5) is 4.53. The van der Waals surface area contributed by atoms with E-state index in [4.69, 9.17) is 0 Å². The van der Waals surface area contributed by atoms with E-state index in [-0.39, 0.29) is 5.41 Å². The van der Waals surface area contributed by atoms with E-state index in [0.29, 0.717) is 0 Å². The molecule has 0 saturated heterocycles. The second-order valence-corrected chi connectivity index (χ2v) is 10.6. The van der Waals surface area contributed by atoms with Crippen molar-refractivity contribution in [3.05, 3.63) is 126 Å². The van der Waals surface area contributed by atoms with Crippen molar-refractivity contribution in [1.82, 2.24) is 4.98 Å². The number of benzene rings is 4. The van der Waals surface area contributed by atoms with Crippen LogP contribution < -0.4 is 5.32 Å².